The number of methoxy groups -OCH3 is 1. The molecule has 0 atom stereocenters. The molecule has 4 N–H and O–H groups in total. The molecular weight excluding hydrogens is 290 g/mol. The third kappa shape index (κ3) is 6.16. The van der Waals surface area contributed by atoms with Crippen molar-refractivity contribution in [2.75, 3.05) is 12.8 Å². The zero-order chi connectivity index (χ0) is 15.9. The van der Waals surface area contributed by atoms with Gasteiger partial charge in [0, 0.05) is 0 Å². The first kappa shape index (κ1) is 17.9. The van der Waals surface area contributed by atoms with Crippen LogP contribution < -0.4 is 10.5 Å². The van der Waals surface area contributed by atoms with E-state index >= 15 is 0 Å². The summed E-state index contributed by atoms with van der Waals surface area (Å²) in [7, 11) is -2.99. The minimum atomic E-state index is -4.27. The average Bonchev–Trinajstić information content (AvgIpc) is 2.26. The molecule has 0 aliphatic heterocycles. The molecule has 0 bridgehead atoms. The van der Waals surface area contributed by atoms with Gasteiger partial charge >= 0.3 is 5.97 Å². The van der Waals surface area contributed by atoms with Crippen LogP contribution in [0.25, 0.3) is 0 Å². The first-order valence-electron chi connectivity index (χ1n) is 5.20. The Morgan fingerprint density at radius 3 is 2.15 bits per heavy atom. The predicted molar refractivity (Wildman–Crippen MR) is 70.2 cm³/mol. The number of nitrogen functional groups attached to an aromatic ring is 1. The van der Waals surface area contributed by atoms with Gasteiger partial charge in [-0.25, -0.2) is 0 Å². The number of hydrogen-bond acceptors (Lipinski definition) is 6. The van der Waals surface area contributed by atoms with Crippen LogP contribution in [0.1, 0.15) is 13.3 Å². The fourth-order valence-corrected chi connectivity index (χ4v) is 1.85. The van der Waals surface area contributed by atoms with Crippen molar-refractivity contribution in [3.63, 3.8) is 0 Å². The summed E-state index contributed by atoms with van der Waals surface area (Å²) in [6.45, 7) is 1.24. The van der Waals surface area contributed by atoms with E-state index in [1.807, 2.05) is 0 Å². The van der Waals surface area contributed by atoms with E-state index in [1.165, 1.54) is 32.2 Å². The maximum Gasteiger partial charge on any atom is 0.310 e. The fraction of sp³-hybridized carbons (Fsp3) is 0.273. The van der Waals surface area contributed by atoms with E-state index in [2.05, 4.69) is 0 Å². The van der Waals surface area contributed by atoms with E-state index < -0.39 is 16.1 Å². The quantitative estimate of drug-likeness (QED) is 0.416. The van der Waals surface area contributed by atoms with Crippen LogP contribution in [0.3, 0.4) is 0 Å². The van der Waals surface area contributed by atoms with Gasteiger partial charge in [0.15, 0.2) is 5.75 Å². The minimum Gasteiger partial charge on any atom is -0.493 e. The van der Waals surface area contributed by atoms with Gasteiger partial charge in [-0.2, -0.15) is 8.42 Å². The molecule has 1 rings (SSSR count). The van der Waals surface area contributed by atoms with Crippen LogP contribution in [0.4, 0.5) is 5.69 Å². The largest absolute Gasteiger partial charge is 0.493 e. The van der Waals surface area contributed by atoms with Crippen LogP contribution in [0.5, 0.6) is 5.75 Å². The summed E-state index contributed by atoms with van der Waals surface area (Å²) < 4.78 is 35.1. The molecule has 0 heterocycles. The first-order chi connectivity index (χ1) is 9.09. The van der Waals surface area contributed by atoms with E-state index in [4.69, 9.17) is 20.1 Å². The molecule has 8 nitrogen and oxygen atoms in total. The zero-order valence-corrected chi connectivity index (χ0v) is 11.7. The van der Waals surface area contributed by atoms with Crippen molar-refractivity contribution in [1.82, 2.24) is 0 Å². The van der Waals surface area contributed by atoms with Gasteiger partial charge in [0.05, 0.1) is 12.8 Å². The van der Waals surface area contributed by atoms with Crippen molar-refractivity contribution in [2.45, 2.75) is 18.2 Å². The Balaban J connectivity index is 0.000000441. The van der Waals surface area contributed by atoms with E-state index in [0.29, 0.717) is 0 Å². The first-order valence-corrected chi connectivity index (χ1v) is 6.64. The monoisotopic (exact) mass is 305 g/mol. The van der Waals surface area contributed by atoms with Crippen molar-refractivity contribution in [2.24, 2.45) is 0 Å². The molecule has 0 saturated carbocycles. The highest BCUT2D eigenvalue weighted by molar-refractivity contribution is 7.86. The highest BCUT2D eigenvalue weighted by atomic mass is 32.2. The highest BCUT2D eigenvalue weighted by Crippen LogP contribution is 2.29. The van der Waals surface area contributed by atoms with Crippen molar-refractivity contribution >= 4 is 27.6 Å². The number of aliphatic carboxylic acids is 1. The lowest BCUT2D eigenvalue weighted by Gasteiger charge is -2.07. The number of rotatable bonds is 4. The molecular formula is C11H15NO7S. The lowest BCUT2D eigenvalue weighted by atomic mass is 10.3. The summed E-state index contributed by atoms with van der Waals surface area (Å²) in [6.07, 6.45) is -0.361. The van der Waals surface area contributed by atoms with Crippen LogP contribution in [0.15, 0.2) is 23.1 Å². The third-order valence-electron chi connectivity index (χ3n) is 1.89. The lowest BCUT2D eigenvalue weighted by Crippen LogP contribution is -2.03. The molecule has 0 radical (unpaired) electrons. The summed E-state index contributed by atoms with van der Waals surface area (Å²) >= 11 is 0. The van der Waals surface area contributed by atoms with E-state index in [1.54, 1.807) is 0 Å². The second-order valence-electron chi connectivity index (χ2n) is 3.63. The summed E-state index contributed by atoms with van der Waals surface area (Å²) in [5, 5.41) is 7.86. The van der Waals surface area contributed by atoms with Gasteiger partial charge in [-0.15, -0.1) is 0 Å². The van der Waals surface area contributed by atoms with Crippen molar-refractivity contribution < 1.29 is 32.4 Å². The number of hydrogen-bond donors (Lipinski definition) is 3. The van der Waals surface area contributed by atoms with Gasteiger partial charge in [0.25, 0.3) is 10.1 Å². The van der Waals surface area contributed by atoms with Gasteiger partial charge in [-0.1, -0.05) is 6.07 Å². The molecule has 0 saturated heterocycles. The molecule has 1 aromatic carbocycles. The summed E-state index contributed by atoms with van der Waals surface area (Å²) in [5.41, 5.74) is 5.59. The van der Waals surface area contributed by atoms with Crippen LogP contribution in [0.2, 0.25) is 0 Å². The van der Waals surface area contributed by atoms with E-state index in [9.17, 15) is 18.0 Å². The maximum atomic E-state index is 10.8. The highest BCUT2D eigenvalue weighted by Gasteiger charge is 2.17. The molecule has 0 amide bonds. The van der Waals surface area contributed by atoms with Crippen molar-refractivity contribution in [1.29, 1.82) is 0 Å². The number of carbonyl (C=O) groups is 2. The van der Waals surface area contributed by atoms with Crippen LogP contribution in [0, 0.1) is 0 Å². The Hall–Kier alpha value is -2.13. The van der Waals surface area contributed by atoms with E-state index in [-0.39, 0.29) is 28.5 Å². The minimum absolute atomic E-state index is 0.0370. The Morgan fingerprint density at radius 1 is 1.35 bits per heavy atom. The summed E-state index contributed by atoms with van der Waals surface area (Å²) in [4.78, 5) is 19.1. The number of carboxylic acids is 1. The molecule has 9 heteroatoms. The molecule has 0 fully saturated rings. The molecule has 20 heavy (non-hydrogen) atoms. The average molecular weight is 305 g/mol. The third-order valence-corrected chi connectivity index (χ3v) is 2.77. The number of carboxylic acid groups (broad SMARTS) is 1. The Kier molecular flexibility index (Phi) is 6.66. The van der Waals surface area contributed by atoms with Crippen LogP contribution in [-0.4, -0.2) is 36.9 Å². The SMILES string of the molecule is CC(=O)CC(=O)O.COc1c(N)cccc1S(=O)(=O)O. The van der Waals surface area contributed by atoms with Gasteiger partial charge in [0.1, 0.15) is 17.1 Å². The zero-order valence-electron chi connectivity index (χ0n) is 10.9. The second-order valence-corrected chi connectivity index (χ2v) is 5.02. The summed E-state index contributed by atoms with van der Waals surface area (Å²) in [5.74, 6) is -1.41. The molecule has 0 aliphatic rings. The van der Waals surface area contributed by atoms with Gasteiger partial charge < -0.3 is 15.6 Å². The topological polar surface area (TPSA) is 144 Å². The van der Waals surface area contributed by atoms with Gasteiger partial charge in [-0.3, -0.25) is 14.1 Å². The van der Waals surface area contributed by atoms with Crippen molar-refractivity contribution in [3.05, 3.63) is 18.2 Å². The molecule has 0 aromatic heterocycles. The van der Waals surface area contributed by atoms with Crippen LogP contribution >= 0.6 is 0 Å². The number of nitrogens with two attached hydrogens (primary N) is 1. The molecule has 0 aliphatic carbocycles. The fourth-order valence-electron chi connectivity index (χ4n) is 1.17. The Bertz CT molecular complexity index is 583. The Labute approximate surface area is 115 Å². The molecule has 112 valence electrons. The van der Waals surface area contributed by atoms with Gasteiger partial charge in [-0.05, 0) is 19.1 Å². The molecule has 1 aromatic rings. The number of Topliss-reactive ketones (excluding diaryl/α,β-unsaturated/α-hetero) is 1. The molecule has 0 spiro atoms. The van der Waals surface area contributed by atoms with Gasteiger partial charge in [0.2, 0.25) is 0 Å². The normalized spacial score (nSPS) is 10.2. The number of carbonyl (C=O) groups excluding carboxylic acids is 1. The van der Waals surface area contributed by atoms with Crippen LogP contribution in [-0.2, 0) is 19.7 Å². The van der Waals surface area contributed by atoms with Crippen molar-refractivity contribution in [3.8, 4) is 5.75 Å². The summed E-state index contributed by atoms with van der Waals surface area (Å²) in [6, 6.07) is 4.11. The number of ether oxygens (including phenoxy) is 1. The number of ketones is 1. The number of benzene rings is 1. The lowest BCUT2D eigenvalue weighted by molar-refractivity contribution is -0.139. The predicted octanol–water partition coefficient (Wildman–Crippen LogP) is 0.574. The smallest absolute Gasteiger partial charge is 0.310 e. The standard InChI is InChI=1S/C7H9NO4S.C4H6O3/c1-12-7-5(8)3-2-4-6(7)13(9,10)11;1-3(5)2-4(6)7/h2-4H,8H2,1H3,(H,9,10,11);2H2,1H3,(H,6,7). The number of anilines is 1. The molecule has 0 unspecified atom stereocenters. The van der Waals surface area contributed by atoms with E-state index in [0.717, 1.165) is 0 Å². The number of para-hydroxylation sites is 1. The maximum absolute atomic E-state index is 10.8. The second kappa shape index (κ2) is 7.46. The Morgan fingerprint density at radius 2 is 1.90 bits per heavy atom.